The molecule has 0 aliphatic carbocycles. The first kappa shape index (κ1) is 33.9. The van der Waals surface area contributed by atoms with Crippen LogP contribution < -0.4 is 4.90 Å². The van der Waals surface area contributed by atoms with Crippen LogP contribution in [0, 0.1) is 17.8 Å². The number of fused-ring (bicyclic) bond motifs is 2. The lowest BCUT2D eigenvalue weighted by Gasteiger charge is -2.40. The average Bonchev–Trinajstić information content (AvgIpc) is 3.72. The summed E-state index contributed by atoms with van der Waals surface area (Å²) in [7, 11) is 1.69. The van der Waals surface area contributed by atoms with Crippen LogP contribution in [0.25, 0.3) is 0 Å². The van der Waals surface area contributed by atoms with E-state index in [-0.39, 0.29) is 31.4 Å². The zero-order valence-electron chi connectivity index (χ0n) is 27.6. The molecule has 0 radical (unpaired) electrons. The standard InChI is InChI=1S/C37H42ClN3O7/c1-22(2)27(21-42)41-33-35(45)40(26-16-14-25(38)15-17-26)20-10-6-9-13-29(43)39(4)23(3)32(24-11-7-5-8-12-24)47-36(46)30-28-18-19-37(33,48-28)31(30)34(41)44/h5-8,10-12,14-19,22-23,27-28,30-33,42H,9,13,20-21H2,1-4H3/b10-6-/t23-,27+,28+,30-,31-,32+,33+,37-/m1/s1. The smallest absolute Gasteiger partial charge is 0.313 e. The summed E-state index contributed by atoms with van der Waals surface area (Å²) in [6.45, 7) is 5.35. The molecule has 6 rings (SSSR count). The quantitative estimate of drug-likeness (QED) is 0.371. The number of cyclic esters (lactones) is 1. The summed E-state index contributed by atoms with van der Waals surface area (Å²) < 4.78 is 12.9. The summed E-state index contributed by atoms with van der Waals surface area (Å²) in [6.07, 6.45) is 6.17. The molecule has 1 spiro atoms. The van der Waals surface area contributed by atoms with Crippen molar-refractivity contribution in [2.24, 2.45) is 17.8 Å². The van der Waals surface area contributed by atoms with Gasteiger partial charge in [0.25, 0.3) is 5.91 Å². The Morgan fingerprint density at radius 1 is 1.00 bits per heavy atom. The van der Waals surface area contributed by atoms with E-state index >= 15 is 0 Å². The van der Waals surface area contributed by atoms with E-state index in [1.807, 2.05) is 63.3 Å². The number of aliphatic hydroxyl groups excluding tert-OH is 1. The number of nitrogens with zero attached hydrogens (tertiary/aromatic N) is 3. The number of carbonyl (C=O) groups excluding carboxylic acids is 4. The third-order valence-corrected chi connectivity index (χ3v) is 10.6. The van der Waals surface area contributed by atoms with Crippen LogP contribution in [0.2, 0.25) is 5.02 Å². The molecule has 10 nitrogen and oxygen atoms in total. The molecular formula is C37H42ClN3O7. The van der Waals surface area contributed by atoms with Gasteiger partial charge in [-0.25, -0.2) is 0 Å². The van der Waals surface area contributed by atoms with Crippen molar-refractivity contribution in [2.45, 2.75) is 69.5 Å². The minimum Gasteiger partial charge on any atom is -0.455 e. The zero-order chi connectivity index (χ0) is 34.3. The van der Waals surface area contributed by atoms with Gasteiger partial charge in [-0.3, -0.25) is 19.2 Å². The number of aliphatic hydroxyl groups is 1. The number of halogens is 1. The highest BCUT2D eigenvalue weighted by molar-refractivity contribution is 6.30. The van der Waals surface area contributed by atoms with E-state index in [9.17, 15) is 24.3 Å². The Hall–Kier alpha value is -3.99. The summed E-state index contributed by atoms with van der Waals surface area (Å²) in [5, 5.41) is 11.1. The van der Waals surface area contributed by atoms with Crippen LogP contribution in [0.5, 0.6) is 0 Å². The van der Waals surface area contributed by atoms with Crippen LogP contribution in [0.3, 0.4) is 0 Å². The van der Waals surface area contributed by atoms with Gasteiger partial charge in [-0.2, -0.15) is 0 Å². The van der Waals surface area contributed by atoms with Gasteiger partial charge in [-0.05, 0) is 49.1 Å². The minimum absolute atomic E-state index is 0.127. The fraction of sp³-hybridized carbons (Fsp3) is 0.459. The number of amides is 3. The number of carbonyl (C=O) groups is 4. The Kier molecular flexibility index (Phi) is 9.53. The summed E-state index contributed by atoms with van der Waals surface area (Å²) in [6, 6.07) is 13.6. The molecule has 0 saturated carbocycles. The Balaban J connectivity index is 1.49. The van der Waals surface area contributed by atoms with E-state index in [1.165, 1.54) is 4.90 Å². The van der Waals surface area contributed by atoms with Crippen molar-refractivity contribution in [2.75, 3.05) is 25.1 Å². The Labute approximate surface area is 285 Å². The molecule has 2 aromatic carbocycles. The molecule has 48 heavy (non-hydrogen) atoms. The molecular weight excluding hydrogens is 634 g/mol. The SMILES string of the molecule is CC(C)[C@H](CO)N1C(=O)[C@H]2[C@@H]3C(=O)O[C@H](c4ccccc4)[C@@H](C)N(C)C(=O)CC/C=C\CN(c4ccc(Cl)cc4)C(=O)[C@H]1[C@@]21C=C[C@@H]3O1. The molecule has 3 amide bonds. The van der Waals surface area contributed by atoms with Crippen LogP contribution in [-0.4, -0.2) is 88.6 Å². The maximum atomic E-state index is 15.0. The van der Waals surface area contributed by atoms with Crippen LogP contribution in [0.4, 0.5) is 5.69 Å². The summed E-state index contributed by atoms with van der Waals surface area (Å²) in [4.78, 5) is 61.9. The third kappa shape index (κ3) is 5.73. The van der Waals surface area contributed by atoms with E-state index in [1.54, 1.807) is 53.3 Å². The Bertz CT molecular complexity index is 1610. The lowest BCUT2D eigenvalue weighted by atomic mass is 9.74. The van der Waals surface area contributed by atoms with Crippen LogP contribution in [0.1, 0.15) is 45.3 Å². The molecule has 2 aromatic rings. The molecule has 0 unspecified atom stereocenters. The number of likely N-dealkylation sites (tertiary alicyclic amines) is 1. The minimum atomic E-state index is -1.46. The number of hydrogen-bond donors (Lipinski definition) is 1. The first-order valence-corrected chi connectivity index (χ1v) is 16.9. The second-order valence-electron chi connectivity index (χ2n) is 13.4. The van der Waals surface area contributed by atoms with Crippen molar-refractivity contribution >= 4 is 41.0 Å². The van der Waals surface area contributed by atoms with Crippen LogP contribution >= 0.6 is 11.6 Å². The van der Waals surface area contributed by atoms with Crippen LogP contribution in [0.15, 0.2) is 78.9 Å². The number of ether oxygens (including phenoxy) is 2. The lowest BCUT2D eigenvalue weighted by Crippen LogP contribution is -2.59. The number of esters is 1. The van der Waals surface area contributed by atoms with E-state index < -0.39 is 65.6 Å². The van der Waals surface area contributed by atoms with Gasteiger partial charge in [0.15, 0.2) is 0 Å². The van der Waals surface area contributed by atoms with Gasteiger partial charge in [0.05, 0.1) is 30.7 Å². The molecule has 2 fully saturated rings. The van der Waals surface area contributed by atoms with Gasteiger partial charge >= 0.3 is 5.97 Å². The van der Waals surface area contributed by atoms with Crippen molar-refractivity contribution in [3.63, 3.8) is 0 Å². The number of anilines is 1. The molecule has 5 bridgehead atoms. The number of benzene rings is 2. The van der Waals surface area contributed by atoms with E-state index in [2.05, 4.69) is 0 Å². The van der Waals surface area contributed by atoms with Gasteiger partial charge < -0.3 is 29.3 Å². The summed E-state index contributed by atoms with van der Waals surface area (Å²) in [5.74, 6) is -3.97. The van der Waals surface area contributed by atoms with E-state index in [0.29, 0.717) is 22.7 Å². The number of likely N-dealkylation sites (N-methyl/N-ethyl adjacent to an activating group) is 1. The average molecular weight is 676 g/mol. The molecule has 11 heteroatoms. The molecule has 2 saturated heterocycles. The van der Waals surface area contributed by atoms with Crippen molar-refractivity contribution in [3.05, 3.63) is 89.5 Å². The highest BCUT2D eigenvalue weighted by Gasteiger charge is 2.74. The zero-order valence-corrected chi connectivity index (χ0v) is 28.3. The fourth-order valence-corrected chi connectivity index (χ4v) is 7.75. The van der Waals surface area contributed by atoms with Gasteiger partial charge in [0.1, 0.15) is 23.7 Å². The summed E-state index contributed by atoms with van der Waals surface area (Å²) in [5.41, 5.74) is -0.211. The molecule has 8 atom stereocenters. The Morgan fingerprint density at radius 2 is 1.71 bits per heavy atom. The first-order chi connectivity index (χ1) is 23.0. The molecule has 1 N–H and O–H groups in total. The van der Waals surface area contributed by atoms with Crippen molar-refractivity contribution in [1.82, 2.24) is 9.80 Å². The van der Waals surface area contributed by atoms with Gasteiger partial charge in [-0.1, -0.05) is 80.1 Å². The van der Waals surface area contributed by atoms with Crippen LogP contribution in [-0.2, 0) is 28.7 Å². The van der Waals surface area contributed by atoms with E-state index in [4.69, 9.17) is 21.1 Å². The molecule has 0 aromatic heterocycles. The van der Waals surface area contributed by atoms with Gasteiger partial charge in [0.2, 0.25) is 11.8 Å². The van der Waals surface area contributed by atoms with Gasteiger partial charge in [0, 0.05) is 30.7 Å². The number of hydrogen-bond acceptors (Lipinski definition) is 7. The maximum absolute atomic E-state index is 15.0. The fourth-order valence-electron chi connectivity index (χ4n) is 7.63. The predicted molar refractivity (Wildman–Crippen MR) is 180 cm³/mol. The molecule has 4 heterocycles. The predicted octanol–water partition coefficient (Wildman–Crippen LogP) is 4.32. The maximum Gasteiger partial charge on any atom is 0.313 e. The third-order valence-electron chi connectivity index (χ3n) is 10.3. The normalized spacial score (nSPS) is 32.2. The van der Waals surface area contributed by atoms with Crippen molar-refractivity contribution in [3.8, 4) is 0 Å². The summed E-state index contributed by atoms with van der Waals surface area (Å²) >= 11 is 6.20. The monoisotopic (exact) mass is 675 g/mol. The molecule has 4 aliphatic rings. The van der Waals surface area contributed by atoms with Crippen molar-refractivity contribution < 1.29 is 33.8 Å². The largest absolute Gasteiger partial charge is 0.455 e. The number of allylic oxidation sites excluding steroid dienone is 1. The highest BCUT2D eigenvalue weighted by atomic mass is 35.5. The second-order valence-corrected chi connectivity index (χ2v) is 13.8. The van der Waals surface area contributed by atoms with Crippen molar-refractivity contribution in [1.29, 1.82) is 0 Å². The molecule has 254 valence electrons. The molecule has 4 aliphatic heterocycles. The topological polar surface area (TPSA) is 117 Å². The Morgan fingerprint density at radius 3 is 2.38 bits per heavy atom. The van der Waals surface area contributed by atoms with E-state index in [0.717, 1.165) is 0 Å². The van der Waals surface area contributed by atoms with Gasteiger partial charge in [-0.15, -0.1) is 0 Å². The first-order valence-electron chi connectivity index (χ1n) is 16.5. The number of rotatable bonds is 5. The highest BCUT2D eigenvalue weighted by Crippen LogP contribution is 2.56. The second kappa shape index (κ2) is 13.5. The lowest BCUT2D eigenvalue weighted by molar-refractivity contribution is -0.164.